The maximum absolute atomic E-state index is 5.84. The van der Waals surface area contributed by atoms with Crippen molar-refractivity contribution in [2.24, 2.45) is 0 Å². The SMILES string of the molecule is C[N+](C)=C1C=CC(=C(c2ccccc2)c2ccc(N)cc2)C=C1.[Cl-]. The van der Waals surface area contributed by atoms with Gasteiger partial charge in [0, 0.05) is 17.8 Å². The summed E-state index contributed by atoms with van der Waals surface area (Å²) in [7, 11) is 4.10. The predicted molar refractivity (Wildman–Crippen MR) is 98.7 cm³/mol. The number of anilines is 1. The topological polar surface area (TPSA) is 29.0 Å². The van der Waals surface area contributed by atoms with Gasteiger partial charge in [0.25, 0.3) is 0 Å². The van der Waals surface area contributed by atoms with E-state index in [1.54, 1.807) is 0 Å². The molecule has 3 rings (SSSR count). The van der Waals surface area contributed by atoms with Crippen molar-refractivity contribution < 1.29 is 17.0 Å². The Morgan fingerprint density at radius 2 is 1.29 bits per heavy atom. The third kappa shape index (κ3) is 3.84. The van der Waals surface area contributed by atoms with E-state index >= 15 is 0 Å². The fourth-order valence-electron chi connectivity index (χ4n) is 2.68. The zero-order valence-electron chi connectivity index (χ0n) is 13.9. The summed E-state index contributed by atoms with van der Waals surface area (Å²) in [6.45, 7) is 0. The van der Waals surface area contributed by atoms with Gasteiger partial charge >= 0.3 is 0 Å². The minimum atomic E-state index is 0. The highest BCUT2D eigenvalue weighted by Crippen LogP contribution is 2.29. The molecule has 0 saturated heterocycles. The van der Waals surface area contributed by atoms with Crippen molar-refractivity contribution in [1.82, 2.24) is 0 Å². The van der Waals surface area contributed by atoms with E-state index in [0.717, 1.165) is 5.69 Å². The molecule has 2 aromatic rings. The molecule has 0 spiro atoms. The zero-order chi connectivity index (χ0) is 16.2. The van der Waals surface area contributed by atoms with Gasteiger partial charge in [-0.3, -0.25) is 0 Å². The number of halogens is 1. The summed E-state index contributed by atoms with van der Waals surface area (Å²) in [4.78, 5) is 0. The second-order valence-electron chi connectivity index (χ2n) is 5.80. The molecule has 24 heavy (non-hydrogen) atoms. The number of hydrogen-bond donors (Lipinski definition) is 1. The Hall–Kier alpha value is -2.58. The summed E-state index contributed by atoms with van der Waals surface area (Å²) in [5, 5.41) is 0. The molecule has 0 heterocycles. The third-order valence-corrected chi connectivity index (χ3v) is 3.93. The van der Waals surface area contributed by atoms with E-state index in [2.05, 4.69) is 79.4 Å². The minimum Gasteiger partial charge on any atom is -1.00 e. The van der Waals surface area contributed by atoms with Crippen LogP contribution in [-0.2, 0) is 0 Å². The maximum atomic E-state index is 5.84. The van der Waals surface area contributed by atoms with Crippen LogP contribution in [0, 0.1) is 0 Å². The lowest BCUT2D eigenvalue weighted by atomic mass is 9.91. The van der Waals surface area contributed by atoms with Gasteiger partial charge in [0.15, 0.2) is 5.71 Å². The van der Waals surface area contributed by atoms with Crippen molar-refractivity contribution >= 4 is 17.0 Å². The lowest BCUT2D eigenvalue weighted by molar-refractivity contribution is -0.462. The molecule has 2 aromatic carbocycles. The van der Waals surface area contributed by atoms with Crippen LogP contribution in [0.1, 0.15) is 11.1 Å². The molecular formula is C21H21ClN2. The van der Waals surface area contributed by atoms with Crippen molar-refractivity contribution in [3.05, 3.63) is 95.6 Å². The molecule has 0 radical (unpaired) electrons. The van der Waals surface area contributed by atoms with Crippen LogP contribution in [0.2, 0.25) is 0 Å². The van der Waals surface area contributed by atoms with E-state index in [4.69, 9.17) is 5.73 Å². The van der Waals surface area contributed by atoms with Crippen molar-refractivity contribution in [3.8, 4) is 0 Å². The van der Waals surface area contributed by atoms with E-state index in [9.17, 15) is 0 Å². The second kappa shape index (κ2) is 7.80. The van der Waals surface area contributed by atoms with Crippen LogP contribution in [0.4, 0.5) is 5.69 Å². The predicted octanol–water partition coefficient (Wildman–Crippen LogP) is 0.914. The molecule has 1 aliphatic rings. The van der Waals surface area contributed by atoms with Gasteiger partial charge in [-0.05, 0) is 46.6 Å². The normalized spacial score (nSPS) is 12.8. The summed E-state index contributed by atoms with van der Waals surface area (Å²) in [6.07, 6.45) is 8.65. The molecule has 0 amide bonds. The highest BCUT2D eigenvalue weighted by molar-refractivity contribution is 6.03. The van der Waals surface area contributed by atoms with Crippen LogP contribution in [0.15, 0.2) is 84.5 Å². The van der Waals surface area contributed by atoms with Crippen LogP contribution in [0.3, 0.4) is 0 Å². The summed E-state index contributed by atoms with van der Waals surface area (Å²) in [5.41, 5.74) is 12.6. The summed E-state index contributed by atoms with van der Waals surface area (Å²) in [5.74, 6) is 0. The molecule has 0 atom stereocenters. The first-order valence-corrected chi connectivity index (χ1v) is 7.71. The van der Waals surface area contributed by atoms with Gasteiger partial charge in [0.1, 0.15) is 14.1 Å². The van der Waals surface area contributed by atoms with E-state index < -0.39 is 0 Å². The Morgan fingerprint density at radius 3 is 1.83 bits per heavy atom. The van der Waals surface area contributed by atoms with Gasteiger partial charge in [0.2, 0.25) is 0 Å². The van der Waals surface area contributed by atoms with E-state index in [0.29, 0.717) is 0 Å². The third-order valence-electron chi connectivity index (χ3n) is 3.93. The lowest BCUT2D eigenvalue weighted by Crippen LogP contribution is -3.00. The largest absolute Gasteiger partial charge is 1.00 e. The molecule has 0 unspecified atom stereocenters. The van der Waals surface area contributed by atoms with Crippen LogP contribution in [0.5, 0.6) is 0 Å². The van der Waals surface area contributed by atoms with Crippen molar-refractivity contribution in [2.45, 2.75) is 0 Å². The number of nitrogens with two attached hydrogens (primary N) is 1. The fraction of sp³-hybridized carbons (Fsp3) is 0.0952. The molecule has 0 aromatic heterocycles. The average Bonchev–Trinajstić information content (AvgIpc) is 2.58. The zero-order valence-corrected chi connectivity index (χ0v) is 14.7. The van der Waals surface area contributed by atoms with Crippen molar-refractivity contribution in [3.63, 3.8) is 0 Å². The Labute approximate surface area is 149 Å². The van der Waals surface area contributed by atoms with Gasteiger partial charge in [-0.25, -0.2) is 4.58 Å². The Kier molecular flexibility index (Phi) is 5.78. The summed E-state index contributed by atoms with van der Waals surface area (Å²) in [6, 6.07) is 18.5. The first kappa shape index (κ1) is 17.8. The molecule has 0 fully saturated rings. The van der Waals surface area contributed by atoms with Gasteiger partial charge in [-0.15, -0.1) is 0 Å². The molecule has 0 aliphatic heterocycles. The number of benzene rings is 2. The summed E-state index contributed by atoms with van der Waals surface area (Å²) < 4.78 is 2.11. The highest BCUT2D eigenvalue weighted by atomic mass is 35.5. The van der Waals surface area contributed by atoms with Gasteiger partial charge in [-0.2, -0.15) is 0 Å². The highest BCUT2D eigenvalue weighted by Gasteiger charge is 2.12. The molecule has 2 nitrogen and oxygen atoms in total. The fourth-order valence-corrected chi connectivity index (χ4v) is 2.68. The number of rotatable bonds is 2. The first-order valence-electron chi connectivity index (χ1n) is 7.71. The molecule has 122 valence electrons. The molecular weight excluding hydrogens is 316 g/mol. The van der Waals surface area contributed by atoms with E-state index in [1.807, 2.05) is 18.2 Å². The van der Waals surface area contributed by atoms with Crippen LogP contribution < -0.4 is 18.1 Å². The number of nitrogen functional groups attached to an aromatic ring is 1. The first-order chi connectivity index (χ1) is 11.1. The molecule has 1 aliphatic carbocycles. The van der Waals surface area contributed by atoms with Crippen molar-refractivity contribution in [1.29, 1.82) is 0 Å². The molecule has 0 saturated carbocycles. The van der Waals surface area contributed by atoms with Gasteiger partial charge < -0.3 is 18.1 Å². The Morgan fingerprint density at radius 1 is 0.750 bits per heavy atom. The smallest absolute Gasteiger partial charge is 0.199 e. The van der Waals surface area contributed by atoms with Gasteiger partial charge in [0.05, 0.1) is 0 Å². The molecule has 3 heteroatoms. The maximum Gasteiger partial charge on any atom is 0.199 e. The number of allylic oxidation sites excluding steroid dienone is 5. The standard InChI is InChI=1S/C21H20N2.ClH/c1-23(2)20-14-10-18(11-15-20)21(16-6-4-3-5-7-16)17-8-12-19(22)13-9-17;/h3-15,22H,1-2H3;1H. The van der Waals surface area contributed by atoms with Crippen molar-refractivity contribution in [2.75, 3.05) is 19.8 Å². The molecule has 0 bridgehead atoms. The van der Waals surface area contributed by atoms with E-state index in [1.165, 1.54) is 28.0 Å². The molecule has 2 N–H and O–H groups in total. The second-order valence-corrected chi connectivity index (χ2v) is 5.80. The average molecular weight is 337 g/mol. The van der Waals surface area contributed by atoms with E-state index in [-0.39, 0.29) is 12.4 Å². The van der Waals surface area contributed by atoms with Crippen LogP contribution in [0.25, 0.3) is 5.57 Å². The summed E-state index contributed by atoms with van der Waals surface area (Å²) >= 11 is 0. The Bertz CT molecular complexity index is 804. The van der Waals surface area contributed by atoms with Gasteiger partial charge in [-0.1, -0.05) is 42.5 Å². The number of nitrogens with zero attached hydrogens (tertiary/aromatic N) is 1. The monoisotopic (exact) mass is 336 g/mol. The van der Waals surface area contributed by atoms with Crippen LogP contribution in [-0.4, -0.2) is 24.4 Å². The quantitative estimate of drug-likeness (QED) is 0.641. The Balaban J connectivity index is 0.00000208. The number of hydrogen-bond acceptors (Lipinski definition) is 1. The minimum absolute atomic E-state index is 0. The van der Waals surface area contributed by atoms with Crippen LogP contribution >= 0.6 is 0 Å². The lowest BCUT2D eigenvalue weighted by Gasteiger charge is -2.13.